The number of benzene rings is 3. The fourth-order valence-corrected chi connectivity index (χ4v) is 9.19. The smallest absolute Gasteiger partial charge is 0.246 e. The zero-order valence-corrected chi connectivity index (χ0v) is 35.2. The SMILES string of the molecule is CC(C)[C@@H]1NC(=O)[C@H](CC2CCCCC2)NC(=O)[C@@H](Cc2c[nH]c3ccccc23)NC(=O)[C@H](Cc2ccccc2)NC(=O)[C@@H]2CCCN2C(=O)[C@H](Cc2ccccc2)NC1=O. The number of aromatic nitrogens is 1. The molecule has 0 radical (unpaired) electrons. The number of rotatable bonds is 9. The number of para-hydroxylation sites is 1. The van der Waals surface area contributed by atoms with Crippen molar-refractivity contribution in [3.63, 3.8) is 0 Å². The van der Waals surface area contributed by atoms with Crippen LogP contribution in [0.25, 0.3) is 10.9 Å². The van der Waals surface area contributed by atoms with E-state index in [1.165, 1.54) is 4.90 Å². The number of hydrogen-bond donors (Lipinski definition) is 6. The predicted molar refractivity (Wildman–Crippen MR) is 233 cm³/mol. The molecule has 3 fully saturated rings. The number of amides is 6. The molecule has 0 bridgehead atoms. The normalized spacial score (nSPS) is 25.2. The average molecular weight is 830 g/mol. The molecule has 0 unspecified atom stereocenters. The Morgan fingerprint density at radius 1 is 0.557 bits per heavy atom. The van der Waals surface area contributed by atoms with Crippen molar-refractivity contribution in [3.05, 3.63) is 108 Å². The summed E-state index contributed by atoms with van der Waals surface area (Å²) in [5.74, 6) is -3.30. The average Bonchev–Trinajstić information content (AvgIpc) is 3.93. The van der Waals surface area contributed by atoms with E-state index in [0.717, 1.165) is 59.7 Å². The number of fused-ring (bicyclic) bond motifs is 2. The minimum atomic E-state index is -1.14. The number of carbonyl (C=O) groups excluding carboxylic acids is 6. The van der Waals surface area contributed by atoms with E-state index in [0.29, 0.717) is 19.3 Å². The van der Waals surface area contributed by atoms with Crippen LogP contribution < -0.4 is 26.6 Å². The molecule has 4 aromatic rings. The number of nitrogens with zero attached hydrogens (tertiary/aromatic N) is 1. The summed E-state index contributed by atoms with van der Waals surface area (Å²) >= 11 is 0. The quantitative estimate of drug-likeness (QED) is 0.147. The molecule has 322 valence electrons. The van der Waals surface area contributed by atoms with Crippen molar-refractivity contribution in [2.24, 2.45) is 11.8 Å². The Labute approximate surface area is 357 Å². The third-order valence-corrected chi connectivity index (χ3v) is 12.6. The summed E-state index contributed by atoms with van der Waals surface area (Å²) < 4.78 is 0. The second-order valence-corrected chi connectivity index (χ2v) is 17.3. The van der Waals surface area contributed by atoms with Crippen LogP contribution in [0.2, 0.25) is 0 Å². The van der Waals surface area contributed by atoms with E-state index in [1.807, 2.05) is 105 Å². The summed E-state index contributed by atoms with van der Waals surface area (Å²) in [6.07, 6.45) is 8.42. The third kappa shape index (κ3) is 10.9. The van der Waals surface area contributed by atoms with Gasteiger partial charge < -0.3 is 36.5 Å². The van der Waals surface area contributed by atoms with Crippen LogP contribution in [0, 0.1) is 11.8 Å². The van der Waals surface area contributed by atoms with Crippen LogP contribution in [0.1, 0.15) is 81.9 Å². The molecule has 3 heterocycles. The van der Waals surface area contributed by atoms with E-state index in [2.05, 4.69) is 31.6 Å². The highest BCUT2D eigenvalue weighted by atomic mass is 16.2. The molecule has 7 rings (SSSR count). The lowest BCUT2D eigenvalue weighted by Crippen LogP contribution is -2.62. The molecule has 6 amide bonds. The largest absolute Gasteiger partial charge is 0.361 e. The zero-order chi connectivity index (χ0) is 42.9. The van der Waals surface area contributed by atoms with Gasteiger partial charge in [0.1, 0.15) is 36.3 Å². The van der Waals surface area contributed by atoms with Gasteiger partial charge in [-0.05, 0) is 53.9 Å². The molecule has 2 aliphatic heterocycles. The fourth-order valence-electron chi connectivity index (χ4n) is 9.19. The molecule has 0 spiro atoms. The van der Waals surface area contributed by atoms with Gasteiger partial charge in [0.05, 0.1) is 0 Å². The number of hydrogen-bond acceptors (Lipinski definition) is 6. The second-order valence-electron chi connectivity index (χ2n) is 17.3. The molecule has 1 aromatic heterocycles. The highest BCUT2D eigenvalue weighted by Crippen LogP contribution is 2.28. The Hall–Kier alpha value is -5.98. The zero-order valence-electron chi connectivity index (χ0n) is 35.2. The highest BCUT2D eigenvalue weighted by molar-refractivity contribution is 5.99. The minimum Gasteiger partial charge on any atom is -0.361 e. The van der Waals surface area contributed by atoms with Crippen LogP contribution >= 0.6 is 0 Å². The first kappa shape index (κ1) is 43.1. The van der Waals surface area contributed by atoms with Crippen molar-refractivity contribution in [1.29, 1.82) is 0 Å². The lowest BCUT2D eigenvalue weighted by molar-refractivity contribution is -0.143. The Balaban J connectivity index is 1.27. The van der Waals surface area contributed by atoms with Crippen molar-refractivity contribution in [2.75, 3.05) is 6.54 Å². The van der Waals surface area contributed by atoms with Gasteiger partial charge in [0.2, 0.25) is 35.4 Å². The maximum atomic E-state index is 14.7. The van der Waals surface area contributed by atoms with Crippen molar-refractivity contribution in [1.82, 2.24) is 36.5 Å². The fraction of sp³-hybridized carbons (Fsp3) is 0.458. The Bertz CT molecular complexity index is 2170. The van der Waals surface area contributed by atoms with Crippen LogP contribution in [0.15, 0.2) is 91.1 Å². The number of carbonyl (C=O) groups is 6. The van der Waals surface area contributed by atoms with Gasteiger partial charge in [-0.25, -0.2) is 0 Å². The third-order valence-electron chi connectivity index (χ3n) is 12.6. The lowest BCUT2D eigenvalue weighted by atomic mass is 9.84. The first-order valence-corrected chi connectivity index (χ1v) is 22.0. The standard InChI is InChI=1S/C48H59N7O6/c1-30(2)42-47(60)53-40(27-33-19-10-5-11-20-33)48(61)55-24-14-23-41(55)46(59)52-37(25-31-15-6-3-7-16-31)43(56)51-39(28-34-29-49-36-22-13-12-21-35(34)36)44(57)50-38(45(58)54-42)26-32-17-8-4-9-18-32/h3,5-7,10-13,15-16,19-22,29-30,32,37-42,49H,4,8-9,14,17-18,23-28H2,1-2H3,(H,50,57)(H,51,56)(H,52,59)(H,53,60)(H,54,58)/t37-,38-,39+,40-,41-,42-/m0/s1. The first-order valence-electron chi connectivity index (χ1n) is 22.0. The summed E-state index contributed by atoms with van der Waals surface area (Å²) in [7, 11) is 0. The van der Waals surface area contributed by atoms with Crippen LogP contribution in [0.5, 0.6) is 0 Å². The van der Waals surface area contributed by atoms with Crippen molar-refractivity contribution >= 4 is 46.3 Å². The van der Waals surface area contributed by atoms with E-state index in [1.54, 1.807) is 0 Å². The molecular weight excluding hydrogens is 771 g/mol. The van der Waals surface area contributed by atoms with Crippen LogP contribution in [-0.4, -0.2) is 88.1 Å². The molecule has 6 atom stereocenters. The van der Waals surface area contributed by atoms with E-state index >= 15 is 0 Å². The number of nitrogens with one attached hydrogen (secondary N) is 6. The first-order chi connectivity index (χ1) is 29.5. The van der Waals surface area contributed by atoms with E-state index < -0.39 is 71.7 Å². The van der Waals surface area contributed by atoms with Gasteiger partial charge >= 0.3 is 0 Å². The van der Waals surface area contributed by atoms with Gasteiger partial charge in [-0.15, -0.1) is 0 Å². The maximum Gasteiger partial charge on any atom is 0.246 e. The van der Waals surface area contributed by atoms with Gasteiger partial charge in [0.25, 0.3) is 0 Å². The molecule has 1 aliphatic carbocycles. The minimum absolute atomic E-state index is 0.0933. The summed E-state index contributed by atoms with van der Waals surface area (Å²) in [6, 6.07) is 20.0. The molecule has 3 aromatic carbocycles. The Kier molecular flexibility index (Phi) is 14.2. The maximum absolute atomic E-state index is 14.7. The highest BCUT2D eigenvalue weighted by Gasteiger charge is 2.41. The van der Waals surface area contributed by atoms with Crippen LogP contribution in [0.4, 0.5) is 0 Å². The van der Waals surface area contributed by atoms with E-state index in [4.69, 9.17) is 0 Å². The summed E-state index contributed by atoms with van der Waals surface area (Å²) in [4.78, 5) is 91.9. The van der Waals surface area contributed by atoms with Gasteiger partial charge in [-0.1, -0.05) is 125 Å². The van der Waals surface area contributed by atoms with Crippen LogP contribution in [0.3, 0.4) is 0 Å². The molecule has 13 heteroatoms. The summed E-state index contributed by atoms with van der Waals surface area (Å²) in [5.41, 5.74) is 3.26. The van der Waals surface area contributed by atoms with E-state index in [-0.39, 0.29) is 37.6 Å². The summed E-state index contributed by atoms with van der Waals surface area (Å²) in [6.45, 7) is 3.92. The van der Waals surface area contributed by atoms with E-state index in [9.17, 15) is 28.8 Å². The molecule has 61 heavy (non-hydrogen) atoms. The van der Waals surface area contributed by atoms with Gasteiger partial charge in [0.15, 0.2) is 0 Å². The van der Waals surface area contributed by atoms with Gasteiger partial charge in [0, 0.05) is 42.9 Å². The van der Waals surface area contributed by atoms with Crippen LogP contribution in [-0.2, 0) is 48.0 Å². The van der Waals surface area contributed by atoms with Crippen molar-refractivity contribution in [3.8, 4) is 0 Å². The topological polar surface area (TPSA) is 182 Å². The Morgan fingerprint density at radius 2 is 1.11 bits per heavy atom. The second kappa shape index (κ2) is 20.1. The van der Waals surface area contributed by atoms with Crippen molar-refractivity contribution < 1.29 is 28.8 Å². The molecule has 6 N–H and O–H groups in total. The lowest BCUT2D eigenvalue weighted by Gasteiger charge is -2.33. The Morgan fingerprint density at radius 3 is 1.79 bits per heavy atom. The number of H-pyrrole nitrogens is 1. The van der Waals surface area contributed by atoms with Gasteiger partial charge in [-0.3, -0.25) is 28.8 Å². The molecule has 2 saturated heterocycles. The van der Waals surface area contributed by atoms with Gasteiger partial charge in [-0.2, -0.15) is 0 Å². The molecule has 3 aliphatic rings. The monoisotopic (exact) mass is 829 g/mol. The molecule has 1 saturated carbocycles. The van der Waals surface area contributed by atoms with Crippen molar-refractivity contribution in [2.45, 2.75) is 121 Å². The molecular formula is C48H59N7O6. The molecule has 13 nitrogen and oxygen atoms in total. The summed E-state index contributed by atoms with van der Waals surface area (Å²) in [5, 5.41) is 15.8. The predicted octanol–water partition coefficient (Wildman–Crippen LogP) is 4.25. The number of aromatic amines is 1.